The number of likely N-dealkylation sites (tertiary alicyclic amines) is 1. The van der Waals surface area contributed by atoms with E-state index in [1.54, 1.807) is 18.2 Å². The Kier molecular flexibility index (Phi) is 22.7. The number of hydrogen-bond donors (Lipinski definition) is 10. The quantitative estimate of drug-likeness (QED) is 0.0315. The second-order valence-electron chi connectivity index (χ2n) is 19.4. The third-order valence-electron chi connectivity index (χ3n) is 12.3. The lowest BCUT2D eigenvalue weighted by atomic mass is 10.00. The highest BCUT2D eigenvalue weighted by Gasteiger charge is 2.35. The Morgan fingerprint density at radius 1 is 0.756 bits per heavy atom. The highest BCUT2D eigenvalue weighted by atomic mass is 32.2. The van der Waals surface area contributed by atoms with E-state index in [2.05, 4.69) is 57.2 Å². The molecule has 1 saturated heterocycles. The fourth-order valence-corrected chi connectivity index (χ4v) is 9.14. The SMILES string of the molecule is CC(=O)N1CCC[C@H]1C(=O)N[C@@H](CC(C)C)C(=O)NCC(=O)N[C@@H](CCc1ccccc1)C(=O)N[C@@H](Cc1ccc(O)cc1)C(=O)N[C@@H](CC(C)C)C(=O)NNC(=O)c1ccc(N/N=C/c2ccccc2S(=O)(=O)ON)nc1. The second-order valence-corrected chi connectivity index (χ2v) is 20.9. The monoisotopic (exact) mass is 1100 g/mol. The van der Waals surface area contributed by atoms with Gasteiger partial charge in [-0.15, -0.1) is 0 Å². The zero-order valence-corrected chi connectivity index (χ0v) is 44.8. The number of pyridine rings is 1. The number of anilines is 1. The fraction of sp³-hybridized carbons (Fsp3) is 0.396. The molecule has 0 radical (unpaired) electrons. The van der Waals surface area contributed by atoms with Gasteiger partial charge in [-0.3, -0.25) is 54.6 Å². The van der Waals surface area contributed by atoms with Gasteiger partial charge in [-0.2, -0.15) is 23.7 Å². The first-order valence-electron chi connectivity index (χ1n) is 25.3. The molecule has 24 nitrogen and oxygen atoms in total. The molecule has 78 heavy (non-hydrogen) atoms. The first-order valence-corrected chi connectivity index (χ1v) is 26.7. The Morgan fingerprint density at radius 3 is 2.04 bits per heavy atom. The Bertz CT molecular complexity index is 2870. The van der Waals surface area contributed by atoms with Crippen LogP contribution in [0.25, 0.3) is 0 Å². The van der Waals surface area contributed by atoms with Gasteiger partial charge in [0.2, 0.25) is 35.4 Å². The predicted molar refractivity (Wildman–Crippen MR) is 287 cm³/mol. The lowest BCUT2D eigenvalue weighted by Crippen LogP contribution is -2.59. The van der Waals surface area contributed by atoms with Gasteiger partial charge in [0.05, 0.1) is 18.3 Å². The second kappa shape index (κ2) is 29.3. The highest BCUT2D eigenvalue weighted by molar-refractivity contribution is 7.86. The number of hydrogen-bond acceptors (Lipinski definition) is 16. The zero-order valence-electron chi connectivity index (χ0n) is 44.0. The molecule has 1 aliphatic rings. The number of carbonyl (C=O) groups excluding carboxylic acids is 8. The number of nitrogens with zero attached hydrogens (tertiary/aromatic N) is 3. The zero-order chi connectivity index (χ0) is 56.9. The molecule has 8 amide bonds. The summed E-state index contributed by atoms with van der Waals surface area (Å²) in [7, 11) is -4.23. The van der Waals surface area contributed by atoms with Gasteiger partial charge in [-0.05, 0) is 91.8 Å². The minimum absolute atomic E-state index is 0.0143. The lowest BCUT2D eigenvalue weighted by Gasteiger charge is -2.27. The van der Waals surface area contributed by atoms with Gasteiger partial charge in [-0.1, -0.05) is 88.4 Å². The van der Waals surface area contributed by atoms with Crippen molar-refractivity contribution in [3.63, 3.8) is 0 Å². The molecule has 0 saturated carbocycles. The van der Waals surface area contributed by atoms with Crippen LogP contribution in [-0.2, 0) is 60.8 Å². The van der Waals surface area contributed by atoms with Crippen molar-refractivity contribution in [1.29, 1.82) is 0 Å². The van der Waals surface area contributed by atoms with Gasteiger partial charge in [0.1, 0.15) is 46.7 Å². The average molecular weight is 1100 g/mol. The number of aryl methyl sites for hydroxylation is 1. The van der Waals surface area contributed by atoms with Crippen LogP contribution >= 0.6 is 0 Å². The van der Waals surface area contributed by atoms with E-state index in [0.29, 0.717) is 31.4 Å². The maximum atomic E-state index is 14.4. The number of nitrogens with one attached hydrogen (secondary N) is 8. The smallest absolute Gasteiger partial charge is 0.313 e. The van der Waals surface area contributed by atoms with Crippen molar-refractivity contribution >= 4 is 69.4 Å². The minimum Gasteiger partial charge on any atom is -0.508 e. The number of aromatic hydroxyl groups is 1. The molecular weight excluding hydrogens is 1030 g/mol. The van der Waals surface area contributed by atoms with Crippen molar-refractivity contribution in [2.24, 2.45) is 22.8 Å². The number of benzene rings is 3. The van der Waals surface area contributed by atoms with E-state index in [9.17, 15) is 51.9 Å². The molecule has 5 atom stereocenters. The summed E-state index contributed by atoms with van der Waals surface area (Å²) in [6.07, 6.45) is 4.04. The van der Waals surface area contributed by atoms with Gasteiger partial charge in [-0.25, -0.2) is 4.98 Å². The molecule has 418 valence electrons. The van der Waals surface area contributed by atoms with Crippen molar-refractivity contribution in [2.45, 2.75) is 115 Å². The minimum atomic E-state index is -4.23. The van der Waals surface area contributed by atoms with E-state index < -0.39 is 88.2 Å². The normalized spacial score (nSPS) is 14.9. The molecule has 11 N–H and O–H groups in total. The molecule has 0 spiro atoms. The van der Waals surface area contributed by atoms with Crippen LogP contribution in [0.2, 0.25) is 0 Å². The topological polar surface area (TPSA) is 351 Å². The Balaban J connectivity index is 1.26. The van der Waals surface area contributed by atoms with E-state index in [4.69, 9.17) is 5.90 Å². The van der Waals surface area contributed by atoms with Crippen LogP contribution in [-0.4, -0.2) is 120 Å². The summed E-state index contributed by atoms with van der Waals surface area (Å²) in [5, 5.41) is 27.5. The molecule has 0 bridgehead atoms. The molecule has 1 aliphatic heterocycles. The molecule has 1 aromatic heterocycles. The number of phenols is 1. The molecule has 25 heteroatoms. The number of hydrazone groups is 1. The summed E-state index contributed by atoms with van der Waals surface area (Å²) in [5.74, 6) is -0.406. The van der Waals surface area contributed by atoms with Crippen LogP contribution in [0, 0.1) is 11.8 Å². The van der Waals surface area contributed by atoms with E-state index in [1.165, 1.54) is 66.7 Å². The van der Waals surface area contributed by atoms with Crippen LogP contribution in [0.5, 0.6) is 5.75 Å². The van der Waals surface area contributed by atoms with Crippen LogP contribution in [0.15, 0.2) is 107 Å². The van der Waals surface area contributed by atoms with E-state index in [-0.39, 0.29) is 71.0 Å². The fourth-order valence-electron chi connectivity index (χ4n) is 8.38. The van der Waals surface area contributed by atoms with Gasteiger partial charge >= 0.3 is 10.1 Å². The number of phenolic OH excluding ortho intramolecular Hbond substituents is 1. The summed E-state index contributed by atoms with van der Waals surface area (Å²) >= 11 is 0. The molecule has 4 aromatic rings. The summed E-state index contributed by atoms with van der Waals surface area (Å²) in [4.78, 5) is 114. The number of carbonyl (C=O) groups is 8. The maximum absolute atomic E-state index is 14.4. The largest absolute Gasteiger partial charge is 0.508 e. The van der Waals surface area contributed by atoms with E-state index >= 15 is 0 Å². The van der Waals surface area contributed by atoms with Crippen molar-refractivity contribution in [1.82, 2.24) is 47.3 Å². The first kappa shape index (κ1) is 60.6. The Labute approximate surface area is 452 Å². The predicted octanol–water partition coefficient (Wildman–Crippen LogP) is 1.61. The van der Waals surface area contributed by atoms with Gasteiger partial charge in [0, 0.05) is 31.6 Å². The number of amides is 8. The van der Waals surface area contributed by atoms with Crippen molar-refractivity contribution in [3.8, 4) is 5.75 Å². The molecule has 2 heterocycles. The van der Waals surface area contributed by atoms with Crippen LogP contribution in [0.3, 0.4) is 0 Å². The van der Waals surface area contributed by atoms with Crippen molar-refractivity contribution in [2.75, 3.05) is 18.5 Å². The first-order chi connectivity index (χ1) is 37.1. The number of nitrogens with two attached hydrogens (primary N) is 1. The average Bonchev–Trinajstić information content (AvgIpc) is 3.92. The summed E-state index contributed by atoms with van der Waals surface area (Å²) in [5.41, 5.74) is 8.80. The number of aromatic nitrogens is 1. The third-order valence-corrected chi connectivity index (χ3v) is 13.5. The van der Waals surface area contributed by atoms with Crippen LogP contribution in [0.1, 0.15) is 93.8 Å². The summed E-state index contributed by atoms with van der Waals surface area (Å²) < 4.78 is 28.4. The molecule has 0 aliphatic carbocycles. The van der Waals surface area contributed by atoms with Crippen LogP contribution in [0.4, 0.5) is 5.82 Å². The molecular formula is C53H68N12O12S. The van der Waals surface area contributed by atoms with Gasteiger partial charge in [0.25, 0.3) is 11.8 Å². The highest BCUT2D eigenvalue weighted by Crippen LogP contribution is 2.19. The Morgan fingerprint density at radius 2 is 1.40 bits per heavy atom. The summed E-state index contributed by atoms with van der Waals surface area (Å²) in [6.45, 7) is 8.58. The Hall–Kier alpha value is -8.29. The molecule has 1 fully saturated rings. The van der Waals surface area contributed by atoms with E-state index in [1.807, 2.05) is 58.0 Å². The lowest BCUT2D eigenvalue weighted by molar-refractivity contribution is -0.138. The molecule has 5 rings (SSSR count). The van der Waals surface area contributed by atoms with Gasteiger partial charge in [0.15, 0.2) is 0 Å². The number of hydrazine groups is 1. The van der Waals surface area contributed by atoms with Crippen LogP contribution < -0.4 is 48.8 Å². The summed E-state index contributed by atoms with van der Waals surface area (Å²) in [6, 6.07) is 18.0. The van der Waals surface area contributed by atoms with Gasteiger partial charge < -0.3 is 36.6 Å². The molecule has 3 aromatic carbocycles. The van der Waals surface area contributed by atoms with E-state index in [0.717, 1.165) is 5.56 Å². The third kappa shape index (κ3) is 18.8. The number of rotatable bonds is 26. The van der Waals surface area contributed by atoms with Crippen molar-refractivity contribution < 1.29 is 56.2 Å². The molecule has 0 unspecified atom stereocenters. The standard InChI is InChI=1S/C53H68N12O12S/c1-32(2)26-41(61-53(74)44-15-11-25-65(44)34(5)66)49(70)56-31-47(68)58-40(23-19-35-12-7-6-8-13-35)50(71)60-43(28-36-17-21-39(67)22-18-36)51(72)59-42(27-33(3)4)52(73)64-63-48(69)38-20-24-46(55-29-38)62-57-30-37-14-9-10-16-45(37)78(75,76)77-54/h6-10,12-14,16-18,20-22,24,29-30,32-33,40-44,67H,11,15,19,23,25-28,31,54H2,1-5H3,(H,55,62)(H,56,70)(H,58,68)(H,59,72)(H,60,71)(H,61,74)(H,63,69)(H,64,73)/b57-30+/t40-,41-,42-,43-,44-/m0/s1. The van der Waals surface area contributed by atoms with Crippen molar-refractivity contribution in [3.05, 3.63) is 119 Å². The maximum Gasteiger partial charge on any atom is 0.313 e.